The number of aromatic amines is 1. The van der Waals surface area contributed by atoms with Crippen molar-refractivity contribution in [3.05, 3.63) is 35.5 Å². The summed E-state index contributed by atoms with van der Waals surface area (Å²) in [6.07, 6.45) is 0. The van der Waals surface area contributed by atoms with Gasteiger partial charge in [-0.1, -0.05) is 45.0 Å². The highest BCUT2D eigenvalue weighted by Crippen LogP contribution is 2.26. The van der Waals surface area contributed by atoms with E-state index in [1.807, 2.05) is 24.3 Å². The summed E-state index contributed by atoms with van der Waals surface area (Å²) in [4.78, 5) is 11.0. The molecule has 5 heteroatoms. The zero-order chi connectivity index (χ0) is 13.3. The monoisotopic (exact) mass is 245 g/mol. The van der Waals surface area contributed by atoms with Gasteiger partial charge in [0.25, 0.3) is 0 Å². The third kappa shape index (κ3) is 2.25. The molecule has 94 valence electrons. The third-order valence-electron chi connectivity index (χ3n) is 2.77. The molecular formula is C13H15N3O2. The maximum Gasteiger partial charge on any atom is 0.358 e. The summed E-state index contributed by atoms with van der Waals surface area (Å²) in [6.45, 7) is 6.38. The fourth-order valence-electron chi connectivity index (χ4n) is 1.71. The van der Waals surface area contributed by atoms with Gasteiger partial charge in [0.15, 0.2) is 5.69 Å². The Labute approximate surface area is 105 Å². The summed E-state index contributed by atoms with van der Waals surface area (Å²) in [5, 5.41) is 18.8. The molecule has 2 aromatic rings. The van der Waals surface area contributed by atoms with Gasteiger partial charge in [0, 0.05) is 5.56 Å². The second-order valence-electron chi connectivity index (χ2n) is 5.15. The fraction of sp³-hybridized carbons (Fsp3) is 0.308. The topological polar surface area (TPSA) is 78.9 Å². The minimum Gasteiger partial charge on any atom is -0.476 e. The van der Waals surface area contributed by atoms with E-state index < -0.39 is 5.97 Å². The maximum atomic E-state index is 11.0. The lowest BCUT2D eigenvalue weighted by molar-refractivity contribution is 0.0691. The van der Waals surface area contributed by atoms with E-state index in [9.17, 15) is 4.79 Å². The van der Waals surface area contributed by atoms with Crippen LogP contribution in [-0.2, 0) is 5.41 Å². The van der Waals surface area contributed by atoms with Crippen molar-refractivity contribution in [1.82, 2.24) is 15.4 Å². The van der Waals surface area contributed by atoms with Gasteiger partial charge in [-0.05, 0) is 11.0 Å². The average Bonchev–Trinajstić information content (AvgIpc) is 2.77. The van der Waals surface area contributed by atoms with Crippen LogP contribution in [0, 0.1) is 0 Å². The smallest absolute Gasteiger partial charge is 0.358 e. The van der Waals surface area contributed by atoms with Gasteiger partial charge in [0.05, 0.1) is 0 Å². The Bertz CT molecular complexity index is 565. The minimum absolute atomic E-state index is 0.0569. The molecule has 0 atom stereocenters. The normalized spacial score (nSPS) is 11.5. The SMILES string of the molecule is CC(C)(C)c1ccc(-c2n[nH]nc2C(=O)O)cc1. The van der Waals surface area contributed by atoms with Gasteiger partial charge in [0.2, 0.25) is 0 Å². The van der Waals surface area contributed by atoms with E-state index in [1.54, 1.807) is 0 Å². The number of hydrogen-bond acceptors (Lipinski definition) is 3. The quantitative estimate of drug-likeness (QED) is 0.851. The Morgan fingerprint density at radius 3 is 2.28 bits per heavy atom. The highest BCUT2D eigenvalue weighted by molar-refractivity contribution is 5.92. The molecule has 1 aromatic heterocycles. The van der Waals surface area contributed by atoms with Crippen molar-refractivity contribution in [3.63, 3.8) is 0 Å². The van der Waals surface area contributed by atoms with Gasteiger partial charge in [-0.15, -0.1) is 5.10 Å². The zero-order valence-corrected chi connectivity index (χ0v) is 10.6. The molecule has 0 saturated heterocycles. The molecule has 1 heterocycles. The van der Waals surface area contributed by atoms with E-state index in [-0.39, 0.29) is 11.1 Å². The fourth-order valence-corrected chi connectivity index (χ4v) is 1.71. The third-order valence-corrected chi connectivity index (χ3v) is 2.77. The molecule has 0 aliphatic carbocycles. The number of aromatic nitrogens is 3. The first-order valence-electron chi connectivity index (χ1n) is 5.64. The van der Waals surface area contributed by atoms with E-state index in [1.165, 1.54) is 5.56 Å². The van der Waals surface area contributed by atoms with E-state index in [0.717, 1.165) is 5.56 Å². The molecule has 1 aromatic carbocycles. The second-order valence-corrected chi connectivity index (χ2v) is 5.15. The van der Waals surface area contributed by atoms with E-state index in [0.29, 0.717) is 5.69 Å². The van der Waals surface area contributed by atoms with Crippen LogP contribution in [0.2, 0.25) is 0 Å². The summed E-state index contributed by atoms with van der Waals surface area (Å²) in [7, 11) is 0. The van der Waals surface area contributed by atoms with Crippen molar-refractivity contribution in [3.8, 4) is 11.3 Å². The summed E-state index contributed by atoms with van der Waals surface area (Å²) in [5.74, 6) is -1.08. The zero-order valence-electron chi connectivity index (χ0n) is 10.6. The Hall–Kier alpha value is -2.17. The van der Waals surface area contributed by atoms with Gasteiger partial charge in [-0.25, -0.2) is 4.79 Å². The number of nitrogens with zero attached hydrogens (tertiary/aromatic N) is 2. The van der Waals surface area contributed by atoms with Crippen LogP contribution in [0.4, 0.5) is 0 Å². The molecule has 0 saturated carbocycles. The molecular weight excluding hydrogens is 230 g/mol. The number of H-pyrrole nitrogens is 1. The standard InChI is InChI=1S/C13H15N3O2/c1-13(2,3)9-6-4-8(5-7-9)10-11(12(17)18)15-16-14-10/h4-7H,1-3H3,(H,17,18)(H,14,15,16). The van der Waals surface area contributed by atoms with Crippen LogP contribution in [0.25, 0.3) is 11.3 Å². The Morgan fingerprint density at radius 1 is 1.17 bits per heavy atom. The molecule has 5 nitrogen and oxygen atoms in total. The van der Waals surface area contributed by atoms with Gasteiger partial charge in [-0.3, -0.25) is 0 Å². The number of carbonyl (C=O) groups is 1. The molecule has 0 bridgehead atoms. The molecule has 0 aliphatic rings. The van der Waals surface area contributed by atoms with Gasteiger partial charge >= 0.3 is 5.97 Å². The molecule has 0 radical (unpaired) electrons. The first-order valence-corrected chi connectivity index (χ1v) is 5.64. The van der Waals surface area contributed by atoms with Crippen LogP contribution in [0.3, 0.4) is 0 Å². The Balaban J connectivity index is 2.41. The minimum atomic E-state index is -1.08. The predicted octanol–water partition coefficient (Wildman–Crippen LogP) is 2.47. The lowest BCUT2D eigenvalue weighted by Crippen LogP contribution is -2.10. The lowest BCUT2D eigenvalue weighted by Gasteiger charge is -2.18. The molecule has 2 N–H and O–H groups in total. The number of carboxylic acids is 1. The van der Waals surface area contributed by atoms with Gasteiger partial charge < -0.3 is 5.11 Å². The summed E-state index contributed by atoms with van der Waals surface area (Å²) in [5.41, 5.74) is 2.31. The first-order chi connectivity index (χ1) is 8.39. The Kier molecular flexibility index (Phi) is 2.90. The number of rotatable bonds is 2. The first kappa shape index (κ1) is 12.3. The molecule has 0 unspecified atom stereocenters. The molecule has 0 fully saturated rings. The van der Waals surface area contributed by atoms with Crippen LogP contribution in [0.1, 0.15) is 36.8 Å². The molecule has 0 aliphatic heterocycles. The van der Waals surface area contributed by atoms with E-state index in [4.69, 9.17) is 5.11 Å². The summed E-state index contributed by atoms with van der Waals surface area (Å²) >= 11 is 0. The average molecular weight is 245 g/mol. The van der Waals surface area contributed by atoms with E-state index >= 15 is 0 Å². The number of nitrogens with one attached hydrogen (secondary N) is 1. The number of hydrogen-bond donors (Lipinski definition) is 2. The van der Waals surface area contributed by atoms with Crippen LogP contribution < -0.4 is 0 Å². The highest BCUT2D eigenvalue weighted by atomic mass is 16.4. The molecule has 2 rings (SSSR count). The van der Waals surface area contributed by atoms with Crippen LogP contribution in [0.15, 0.2) is 24.3 Å². The van der Waals surface area contributed by atoms with Crippen LogP contribution in [0.5, 0.6) is 0 Å². The summed E-state index contributed by atoms with van der Waals surface area (Å²) in [6, 6.07) is 7.70. The second kappa shape index (κ2) is 4.25. The number of carboxylic acid groups (broad SMARTS) is 1. The van der Waals surface area contributed by atoms with Crippen molar-refractivity contribution in [2.75, 3.05) is 0 Å². The molecule has 18 heavy (non-hydrogen) atoms. The number of aromatic carboxylic acids is 1. The van der Waals surface area contributed by atoms with Crippen LogP contribution in [-0.4, -0.2) is 26.5 Å². The number of benzene rings is 1. The largest absolute Gasteiger partial charge is 0.476 e. The molecule has 0 spiro atoms. The lowest BCUT2D eigenvalue weighted by atomic mass is 9.86. The Morgan fingerprint density at radius 2 is 1.78 bits per heavy atom. The van der Waals surface area contributed by atoms with Crippen molar-refractivity contribution < 1.29 is 9.90 Å². The van der Waals surface area contributed by atoms with Crippen molar-refractivity contribution >= 4 is 5.97 Å². The van der Waals surface area contributed by atoms with Crippen LogP contribution >= 0.6 is 0 Å². The summed E-state index contributed by atoms with van der Waals surface area (Å²) < 4.78 is 0. The van der Waals surface area contributed by atoms with Crippen molar-refractivity contribution in [2.24, 2.45) is 0 Å². The highest BCUT2D eigenvalue weighted by Gasteiger charge is 2.18. The van der Waals surface area contributed by atoms with Gasteiger partial charge in [0.1, 0.15) is 5.69 Å². The maximum absolute atomic E-state index is 11.0. The van der Waals surface area contributed by atoms with Crippen molar-refractivity contribution in [1.29, 1.82) is 0 Å². The predicted molar refractivity (Wildman–Crippen MR) is 67.5 cm³/mol. The van der Waals surface area contributed by atoms with Crippen molar-refractivity contribution in [2.45, 2.75) is 26.2 Å². The molecule has 0 amide bonds. The van der Waals surface area contributed by atoms with Gasteiger partial charge in [-0.2, -0.15) is 10.3 Å². The van der Waals surface area contributed by atoms with E-state index in [2.05, 4.69) is 36.2 Å².